The monoisotopic (exact) mass is 357 g/mol. The fourth-order valence-electron chi connectivity index (χ4n) is 2.44. The van der Waals surface area contributed by atoms with Gasteiger partial charge in [-0.25, -0.2) is 9.78 Å². The van der Waals surface area contributed by atoms with E-state index in [9.17, 15) is 4.79 Å². The fourth-order valence-corrected chi connectivity index (χ4v) is 3.40. The lowest BCUT2D eigenvalue weighted by molar-refractivity contribution is -0.129. The number of aromatic nitrogens is 1. The van der Waals surface area contributed by atoms with Crippen LogP contribution in [0.2, 0.25) is 0 Å². The minimum Gasteiger partial charge on any atom is -0.423 e. The molecule has 0 radical (unpaired) electrons. The van der Waals surface area contributed by atoms with E-state index in [1.54, 1.807) is 11.3 Å². The van der Waals surface area contributed by atoms with Crippen LogP contribution in [0.15, 0.2) is 42.6 Å². The van der Waals surface area contributed by atoms with E-state index in [-0.39, 0.29) is 5.97 Å². The Morgan fingerprint density at radius 2 is 1.92 bits per heavy atom. The minimum atomic E-state index is -0.329. The minimum absolute atomic E-state index is 0.329. The molecule has 1 heterocycles. The molecule has 0 atom stereocenters. The summed E-state index contributed by atoms with van der Waals surface area (Å²) >= 11 is 1.75. The van der Waals surface area contributed by atoms with Crippen LogP contribution in [0.1, 0.15) is 57.2 Å². The number of benzene rings is 1. The van der Waals surface area contributed by atoms with Crippen molar-refractivity contribution in [3.8, 4) is 16.3 Å². The highest BCUT2D eigenvalue weighted by Gasteiger charge is 2.06. The number of nitrogens with zero attached hydrogens (tertiary/aromatic N) is 1. The molecule has 0 aliphatic carbocycles. The average Bonchev–Trinajstić information content (AvgIpc) is 3.08. The summed E-state index contributed by atoms with van der Waals surface area (Å²) < 4.78 is 5.29. The second-order valence-corrected chi connectivity index (χ2v) is 7.19. The molecule has 0 unspecified atom stereocenters. The lowest BCUT2D eigenvalue weighted by Crippen LogP contribution is -2.03. The zero-order valence-corrected chi connectivity index (χ0v) is 16.0. The third-order valence-electron chi connectivity index (χ3n) is 3.86. The SMILES string of the molecule is CCC/C=C/C(=O)Oc1ccc(-c2ncc(CCCCCC)s2)cc1. The van der Waals surface area contributed by atoms with Gasteiger partial charge in [-0.2, -0.15) is 0 Å². The predicted molar refractivity (Wildman–Crippen MR) is 105 cm³/mol. The Hall–Kier alpha value is -1.94. The second kappa shape index (κ2) is 10.8. The van der Waals surface area contributed by atoms with Crippen LogP contribution in [0.25, 0.3) is 10.6 Å². The summed E-state index contributed by atoms with van der Waals surface area (Å²) in [6.45, 7) is 4.30. The molecule has 3 nitrogen and oxygen atoms in total. The second-order valence-electron chi connectivity index (χ2n) is 6.08. The molecule has 0 aliphatic heterocycles. The van der Waals surface area contributed by atoms with Crippen LogP contribution in [0.4, 0.5) is 0 Å². The van der Waals surface area contributed by atoms with Crippen LogP contribution in [0.3, 0.4) is 0 Å². The van der Waals surface area contributed by atoms with Crippen molar-refractivity contribution in [2.45, 2.75) is 58.8 Å². The van der Waals surface area contributed by atoms with Crippen LogP contribution < -0.4 is 4.74 Å². The summed E-state index contributed by atoms with van der Waals surface area (Å²) in [6.07, 6.45) is 13.4. The largest absolute Gasteiger partial charge is 0.423 e. The van der Waals surface area contributed by atoms with Gasteiger partial charge in [0, 0.05) is 22.7 Å². The van der Waals surface area contributed by atoms with Crippen LogP contribution in [0, 0.1) is 0 Å². The number of aryl methyl sites for hydroxylation is 1. The molecule has 4 heteroatoms. The van der Waals surface area contributed by atoms with E-state index in [1.807, 2.05) is 36.5 Å². The van der Waals surface area contributed by atoms with E-state index in [1.165, 1.54) is 36.6 Å². The molecular weight excluding hydrogens is 330 g/mol. The highest BCUT2D eigenvalue weighted by molar-refractivity contribution is 7.15. The highest BCUT2D eigenvalue weighted by atomic mass is 32.1. The van der Waals surface area contributed by atoms with Crippen LogP contribution >= 0.6 is 11.3 Å². The Balaban J connectivity index is 1.89. The van der Waals surface area contributed by atoms with Crippen molar-refractivity contribution in [3.63, 3.8) is 0 Å². The van der Waals surface area contributed by atoms with Gasteiger partial charge in [0.1, 0.15) is 10.8 Å². The predicted octanol–water partition coefficient (Wildman–Crippen LogP) is 6.19. The normalized spacial score (nSPS) is 11.1. The van der Waals surface area contributed by atoms with Crippen molar-refractivity contribution in [2.24, 2.45) is 0 Å². The van der Waals surface area contributed by atoms with Crippen LogP contribution in [-0.2, 0) is 11.2 Å². The van der Waals surface area contributed by atoms with Crippen molar-refractivity contribution >= 4 is 17.3 Å². The summed E-state index contributed by atoms with van der Waals surface area (Å²) in [4.78, 5) is 17.5. The number of rotatable bonds is 10. The highest BCUT2D eigenvalue weighted by Crippen LogP contribution is 2.27. The number of esters is 1. The summed E-state index contributed by atoms with van der Waals surface area (Å²) in [5, 5.41) is 1.02. The average molecular weight is 358 g/mol. The van der Waals surface area contributed by atoms with E-state index in [2.05, 4.69) is 18.8 Å². The van der Waals surface area contributed by atoms with E-state index in [0.29, 0.717) is 5.75 Å². The number of allylic oxidation sites excluding steroid dienone is 1. The number of carbonyl (C=O) groups is 1. The quantitative estimate of drug-likeness (QED) is 0.220. The molecule has 134 valence electrons. The molecule has 0 fully saturated rings. The lowest BCUT2D eigenvalue weighted by Gasteiger charge is -2.02. The maximum Gasteiger partial charge on any atom is 0.335 e. The molecule has 2 aromatic rings. The molecule has 1 aromatic heterocycles. The standard InChI is InChI=1S/C21H27NO2S/c1-3-5-7-9-10-19-16-22-21(25-19)17-12-14-18(15-13-17)24-20(23)11-8-6-4-2/h8,11-16H,3-7,9-10H2,1-2H3/b11-8+. The first kappa shape index (κ1) is 19.4. The smallest absolute Gasteiger partial charge is 0.335 e. The zero-order valence-electron chi connectivity index (χ0n) is 15.2. The lowest BCUT2D eigenvalue weighted by atomic mass is 10.1. The van der Waals surface area contributed by atoms with Gasteiger partial charge >= 0.3 is 5.97 Å². The first-order chi connectivity index (χ1) is 12.2. The summed E-state index contributed by atoms with van der Waals surface area (Å²) in [5.74, 6) is 0.232. The van der Waals surface area contributed by atoms with Crippen molar-refractivity contribution in [3.05, 3.63) is 47.5 Å². The van der Waals surface area contributed by atoms with Gasteiger partial charge in [-0.15, -0.1) is 11.3 Å². The Labute approximate surface area is 154 Å². The summed E-state index contributed by atoms with van der Waals surface area (Å²) in [6, 6.07) is 7.56. The Morgan fingerprint density at radius 3 is 2.64 bits per heavy atom. The van der Waals surface area contributed by atoms with E-state index in [0.717, 1.165) is 29.8 Å². The molecule has 2 rings (SSSR count). The fraction of sp³-hybridized carbons (Fsp3) is 0.429. The summed E-state index contributed by atoms with van der Waals surface area (Å²) in [5.41, 5.74) is 1.06. The van der Waals surface area contributed by atoms with Crippen molar-refractivity contribution in [1.82, 2.24) is 4.98 Å². The van der Waals surface area contributed by atoms with Crippen LogP contribution in [0.5, 0.6) is 5.75 Å². The third-order valence-corrected chi connectivity index (χ3v) is 4.97. The molecule has 0 bridgehead atoms. The molecular formula is C21H27NO2S. The molecule has 0 saturated heterocycles. The van der Waals surface area contributed by atoms with Gasteiger partial charge in [0.05, 0.1) is 0 Å². The number of carbonyl (C=O) groups excluding carboxylic acids is 1. The van der Waals surface area contributed by atoms with Crippen molar-refractivity contribution in [2.75, 3.05) is 0 Å². The van der Waals surface area contributed by atoms with Gasteiger partial charge < -0.3 is 4.74 Å². The zero-order chi connectivity index (χ0) is 17.9. The first-order valence-electron chi connectivity index (χ1n) is 9.16. The summed E-state index contributed by atoms with van der Waals surface area (Å²) in [7, 11) is 0. The Morgan fingerprint density at radius 1 is 1.12 bits per heavy atom. The van der Waals surface area contributed by atoms with Crippen molar-refractivity contribution < 1.29 is 9.53 Å². The molecule has 0 saturated carbocycles. The third kappa shape index (κ3) is 6.83. The first-order valence-corrected chi connectivity index (χ1v) is 9.98. The van der Waals surface area contributed by atoms with Gasteiger partial charge in [-0.3, -0.25) is 0 Å². The van der Waals surface area contributed by atoms with Gasteiger partial charge in [-0.05, 0) is 43.5 Å². The van der Waals surface area contributed by atoms with E-state index < -0.39 is 0 Å². The van der Waals surface area contributed by atoms with Crippen molar-refractivity contribution in [1.29, 1.82) is 0 Å². The van der Waals surface area contributed by atoms with Gasteiger partial charge in [0.2, 0.25) is 0 Å². The van der Waals surface area contributed by atoms with E-state index >= 15 is 0 Å². The molecule has 0 N–H and O–H groups in total. The topological polar surface area (TPSA) is 39.2 Å². The number of hydrogen-bond donors (Lipinski definition) is 0. The molecule has 0 amide bonds. The van der Waals surface area contributed by atoms with Gasteiger partial charge in [-0.1, -0.05) is 45.6 Å². The Kier molecular flexibility index (Phi) is 8.40. The molecule has 25 heavy (non-hydrogen) atoms. The van der Waals surface area contributed by atoms with Gasteiger partial charge in [0.25, 0.3) is 0 Å². The number of hydrogen-bond acceptors (Lipinski definition) is 4. The maximum atomic E-state index is 11.7. The molecule has 1 aromatic carbocycles. The van der Waals surface area contributed by atoms with Crippen LogP contribution in [-0.4, -0.2) is 11.0 Å². The Bertz CT molecular complexity index is 673. The number of unbranched alkanes of at least 4 members (excludes halogenated alkanes) is 4. The van der Waals surface area contributed by atoms with Gasteiger partial charge in [0.15, 0.2) is 0 Å². The number of ether oxygens (including phenoxy) is 1. The molecule has 0 aliphatic rings. The van der Waals surface area contributed by atoms with E-state index in [4.69, 9.17) is 4.74 Å². The maximum absolute atomic E-state index is 11.7. The molecule has 0 spiro atoms. The number of thiazole rings is 1.